The average molecular weight is 257 g/mol. The molecule has 2 aromatic carbocycles. The van der Waals surface area contributed by atoms with E-state index in [1.807, 2.05) is 12.1 Å². The second kappa shape index (κ2) is 4.92. The van der Waals surface area contributed by atoms with E-state index in [1.165, 1.54) is 17.2 Å². The molecule has 0 saturated heterocycles. The molecule has 19 heavy (non-hydrogen) atoms. The fourth-order valence-corrected chi connectivity index (χ4v) is 2.60. The molecular weight excluding hydrogens is 241 g/mol. The Bertz CT molecular complexity index is 597. The summed E-state index contributed by atoms with van der Waals surface area (Å²) in [6.45, 7) is 0. The van der Waals surface area contributed by atoms with Gasteiger partial charge in [-0.05, 0) is 42.5 Å². The average Bonchev–Trinajstić information content (AvgIpc) is 2.42. The Balaban J connectivity index is 1.88. The first kappa shape index (κ1) is 12.0. The molecule has 1 aliphatic rings. The fourth-order valence-electron chi connectivity index (χ4n) is 2.60. The summed E-state index contributed by atoms with van der Waals surface area (Å²) >= 11 is 0. The molecule has 0 spiro atoms. The third-order valence-electron chi connectivity index (χ3n) is 3.54. The zero-order valence-electron chi connectivity index (χ0n) is 10.6. The van der Waals surface area contributed by atoms with E-state index in [-0.39, 0.29) is 11.9 Å². The standard InChI is InChI=1S/C16H16FNO/c17-14-10-12(18)8-9-16(14)19-15-7-3-5-11-4-1-2-6-13(11)15/h1-2,4,6,8-10,15H,3,5,7,18H2. The Morgan fingerprint density at radius 3 is 2.84 bits per heavy atom. The SMILES string of the molecule is Nc1ccc(OC2CCCc3ccccc32)c(F)c1. The predicted molar refractivity (Wildman–Crippen MR) is 73.6 cm³/mol. The van der Waals surface area contributed by atoms with Crippen LogP contribution in [0.3, 0.4) is 0 Å². The third kappa shape index (κ3) is 2.41. The van der Waals surface area contributed by atoms with Crippen molar-refractivity contribution in [2.24, 2.45) is 0 Å². The summed E-state index contributed by atoms with van der Waals surface area (Å²) in [4.78, 5) is 0. The summed E-state index contributed by atoms with van der Waals surface area (Å²) in [5, 5.41) is 0. The monoisotopic (exact) mass is 257 g/mol. The third-order valence-corrected chi connectivity index (χ3v) is 3.54. The van der Waals surface area contributed by atoms with Crippen LogP contribution >= 0.6 is 0 Å². The van der Waals surface area contributed by atoms with Crippen LogP contribution in [0.25, 0.3) is 0 Å². The van der Waals surface area contributed by atoms with Crippen molar-refractivity contribution in [1.29, 1.82) is 0 Å². The molecule has 0 aliphatic heterocycles. The topological polar surface area (TPSA) is 35.2 Å². The van der Waals surface area contributed by atoms with Crippen LogP contribution in [0.1, 0.15) is 30.1 Å². The smallest absolute Gasteiger partial charge is 0.167 e. The van der Waals surface area contributed by atoms with E-state index in [0.717, 1.165) is 19.3 Å². The lowest BCUT2D eigenvalue weighted by atomic mass is 9.89. The highest BCUT2D eigenvalue weighted by Crippen LogP contribution is 2.34. The van der Waals surface area contributed by atoms with E-state index in [9.17, 15) is 4.39 Å². The van der Waals surface area contributed by atoms with Crippen molar-refractivity contribution in [3.63, 3.8) is 0 Å². The number of halogens is 1. The molecule has 0 saturated carbocycles. The number of nitrogens with two attached hydrogens (primary N) is 1. The number of nitrogen functional groups attached to an aromatic ring is 1. The molecule has 98 valence electrons. The molecule has 2 N–H and O–H groups in total. The molecule has 3 heteroatoms. The molecule has 0 fully saturated rings. The van der Waals surface area contributed by atoms with Gasteiger partial charge in [-0.15, -0.1) is 0 Å². The van der Waals surface area contributed by atoms with Gasteiger partial charge in [-0.1, -0.05) is 24.3 Å². The summed E-state index contributed by atoms with van der Waals surface area (Å²) in [5.41, 5.74) is 8.42. The molecule has 1 atom stereocenters. The van der Waals surface area contributed by atoms with Crippen LogP contribution in [-0.2, 0) is 6.42 Å². The molecule has 1 unspecified atom stereocenters. The number of benzene rings is 2. The van der Waals surface area contributed by atoms with Gasteiger partial charge < -0.3 is 10.5 Å². The molecule has 2 aromatic rings. The predicted octanol–water partition coefficient (Wildman–Crippen LogP) is 3.86. The Morgan fingerprint density at radius 1 is 1.16 bits per heavy atom. The van der Waals surface area contributed by atoms with E-state index in [1.54, 1.807) is 12.1 Å². The van der Waals surface area contributed by atoms with Crippen molar-refractivity contribution < 1.29 is 9.13 Å². The first-order chi connectivity index (χ1) is 9.24. The second-order valence-electron chi connectivity index (χ2n) is 4.89. The van der Waals surface area contributed by atoms with Gasteiger partial charge in [-0.2, -0.15) is 0 Å². The van der Waals surface area contributed by atoms with Gasteiger partial charge in [0.1, 0.15) is 6.10 Å². The fraction of sp³-hybridized carbons (Fsp3) is 0.250. The molecule has 1 aliphatic carbocycles. The first-order valence-corrected chi connectivity index (χ1v) is 6.53. The van der Waals surface area contributed by atoms with Crippen molar-refractivity contribution in [2.75, 3.05) is 5.73 Å². The number of rotatable bonds is 2. The van der Waals surface area contributed by atoms with Gasteiger partial charge in [-0.25, -0.2) is 4.39 Å². The maximum atomic E-state index is 13.8. The minimum absolute atomic E-state index is 0.0666. The molecule has 0 aromatic heterocycles. The molecule has 0 radical (unpaired) electrons. The molecule has 0 bridgehead atoms. The van der Waals surface area contributed by atoms with Crippen LogP contribution in [0.2, 0.25) is 0 Å². The van der Waals surface area contributed by atoms with Crippen LogP contribution in [0.4, 0.5) is 10.1 Å². The summed E-state index contributed by atoms with van der Waals surface area (Å²) < 4.78 is 19.6. The lowest BCUT2D eigenvalue weighted by molar-refractivity contribution is 0.175. The van der Waals surface area contributed by atoms with E-state index < -0.39 is 5.82 Å². The maximum Gasteiger partial charge on any atom is 0.167 e. The number of fused-ring (bicyclic) bond motifs is 1. The number of ether oxygens (including phenoxy) is 1. The lowest BCUT2D eigenvalue weighted by Gasteiger charge is -2.26. The summed E-state index contributed by atoms with van der Waals surface area (Å²) in [5.74, 6) is -0.126. The van der Waals surface area contributed by atoms with Gasteiger partial charge in [0.2, 0.25) is 0 Å². The summed E-state index contributed by atoms with van der Waals surface area (Å²) in [6.07, 6.45) is 2.99. The highest BCUT2D eigenvalue weighted by molar-refractivity contribution is 5.43. The van der Waals surface area contributed by atoms with Crippen LogP contribution in [0.5, 0.6) is 5.75 Å². The minimum Gasteiger partial charge on any atom is -0.483 e. The van der Waals surface area contributed by atoms with Crippen molar-refractivity contribution in [1.82, 2.24) is 0 Å². The quantitative estimate of drug-likeness (QED) is 0.829. The lowest BCUT2D eigenvalue weighted by Crippen LogP contribution is -2.15. The van der Waals surface area contributed by atoms with Gasteiger partial charge in [0.15, 0.2) is 11.6 Å². The van der Waals surface area contributed by atoms with Crippen molar-refractivity contribution >= 4 is 5.69 Å². The van der Waals surface area contributed by atoms with E-state index >= 15 is 0 Å². The van der Waals surface area contributed by atoms with Crippen molar-refractivity contribution in [3.8, 4) is 5.75 Å². The minimum atomic E-state index is -0.400. The molecule has 0 heterocycles. The Labute approximate surface area is 112 Å². The van der Waals surface area contributed by atoms with Gasteiger partial charge >= 0.3 is 0 Å². The van der Waals surface area contributed by atoms with Crippen molar-refractivity contribution in [2.45, 2.75) is 25.4 Å². The maximum absolute atomic E-state index is 13.8. The summed E-state index contributed by atoms with van der Waals surface area (Å²) in [7, 11) is 0. The number of aryl methyl sites for hydroxylation is 1. The normalized spacial score (nSPS) is 17.8. The molecule has 3 rings (SSSR count). The van der Waals surface area contributed by atoms with E-state index in [4.69, 9.17) is 10.5 Å². The number of hydrogen-bond acceptors (Lipinski definition) is 2. The van der Waals surface area contributed by atoms with Crippen LogP contribution in [-0.4, -0.2) is 0 Å². The number of anilines is 1. The number of hydrogen-bond donors (Lipinski definition) is 1. The Morgan fingerprint density at radius 2 is 2.00 bits per heavy atom. The molecular formula is C16H16FNO. The zero-order chi connectivity index (χ0) is 13.2. The highest BCUT2D eigenvalue weighted by atomic mass is 19.1. The Kier molecular flexibility index (Phi) is 3.11. The van der Waals surface area contributed by atoms with Crippen LogP contribution < -0.4 is 10.5 Å². The summed E-state index contributed by atoms with van der Waals surface area (Å²) in [6, 6.07) is 12.8. The molecule has 0 amide bonds. The van der Waals surface area contributed by atoms with Crippen molar-refractivity contribution in [3.05, 3.63) is 59.4 Å². The van der Waals surface area contributed by atoms with Gasteiger partial charge in [0, 0.05) is 11.8 Å². The second-order valence-corrected chi connectivity index (χ2v) is 4.89. The zero-order valence-corrected chi connectivity index (χ0v) is 10.6. The first-order valence-electron chi connectivity index (χ1n) is 6.53. The van der Waals surface area contributed by atoms with E-state index in [2.05, 4.69) is 12.1 Å². The van der Waals surface area contributed by atoms with E-state index in [0.29, 0.717) is 5.69 Å². The molecule has 2 nitrogen and oxygen atoms in total. The largest absolute Gasteiger partial charge is 0.483 e. The highest BCUT2D eigenvalue weighted by Gasteiger charge is 2.22. The van der Waals surface area contributed by atoms with Gasteiger partial charge in [0.25, 0.3) is 0 Å². The Hall–Kier alpha value is -2.03. The van der Waals surface area contributed by atoms with Crippen LogP contribution in [0, 0.1) is 5.82 Å². The van der Waals surface area contributed by atoms with Gasteiger partial charge in [-0.3, -0.25) is 0 Å². The van der Waals surface area contributed by atoms with Crippen LogP contribution in [0.15, 0.2) is 42.5 Å². The van der Waals surface area contributed by atoms with Gasteiger partial charge in [0.05, 0.1) is 0 Å².